The van der Waals surface area contributed by atoms with E-state index in [0.717, 1.165) is 71.9 Å². The zero-order valence-corrected chi connectivity index (χ0v) is 32.3. The van der Waals surface area contributed by atoms with Crippen LogP contribution in [0.4, 0.5) is 0 Å². The molecule has 3 aliphatic rings. The maximum absolute atomic E-state index is 13.9. The van der Waals surface area contributed by atoms with Gasteiger partial charge in [-0.1, -0.05) is 60.7 Å². The number of imidazole rings is 1. The fourth-order valence-electron chi connectivity index (χ4n) is 8.30. The Labute approximate surface area is 327 Å². The van der Waals surface area contributed by atoms with Gasteiger partial charge in [-0.05, 0) is 89.3 Å². The molecule has 2 aromatic carbocycles. The lowest BCUT2D eigenvalue weighted by molar-refractivity contribution is -0.137. The highest BCUT2D eigenvalue weighted by atomic mass is 16.2. The minimum absolute atomic E-state index is 0.0379. The SMILES string of the molecule is CN(C)[C@@H](C(=O)N1CCC[C@H]1C1=NC=C(c2ccc(-c3ccc(-c4cnc([C@@H]5CCCN5C(=O)[C@@H](c5ccccc5)N(C)C)[nH]4)nn3)nn2)C1)c1ccccc1. The molecule has 2 amide bonds. The Balaban J connectivity index is 0.901. The van der Waals surface area contributed by atoms with Gasteiger partial charge in [0.2, 0.25) is 11.8 Å². The molecule has 1 N–H and O–H groups in total. The van der Waals surface area contributed by atoms with E-state index >= 15 is 0 Å². The van der Waals surface area contributed by atoms with Crippen LogP contribution in [0.2, 0.25) is 0 Å². The van der Waals surface area contributed by atoms with E-state index < -0.39 is 0 Å². The van der Waals surface area contributed by atoms with Gasteiger partial charge < -0.3 is 14.8 Å². The second kappa shape index (κ2) is 16.0. The lowest BCUT2D eigenvalue weighted by Gasteiger charge is -2.32. The molecule has 2 saturated heterocycles. The summed E-state index contributed by atoms with van der Waals surface area (Å²) in [4.78, 5) is 48.6. The number of benzene rings is 2. The van der Waals surface area contributed by atoms with Crippen molar-refractivity contribution < 1.29 is 9.59 Å². The number of nitrogens with zero attached hydrogens (tertiary/aromatic N) is 10. The van der Waals surface area contributed by atoms with Crippen LogP contribution in [0.1, 0.15) is 72.9 Å². The number of hydrogen-bond donors (Lipinski definition) is 1. The Morgan fingerprint density at radius 2 is 1.16 bits per heavy atom. The summed E-state index contributed by atoms with van der Waals surface area (Å²) in [6.45, 7) is 1.40. The number of aromatic amines is 1. The van der Waals surface area contributed by atoms with Crippen LogP contribution in [-0.2, 0) is 9.59 Å². The average Bonchev–Trinajstić information content (AvgIpc) is 4.06. The van der Waals surface area contributed by atoms with Crippen molar-refractivity contribution in [3.05, 3.63) is 120 Å². The minimum Gasteiger partial charge on any atom is -0.339 e. The van der Waals surface area contributed by atoms with Gasteiger partial charge in [-0.15, -0.1) is 15.3 Å². The van der Waals surface area contributed by atoms with Crippen molar-refractivity contribution in [3.63, 3.8) is 0 Å². The summed E-state index contributed by atoms with van der Waals surface area (Å²) in [5, 5.41) is 18.0. The third-order valence-electron chi connectivity index (χ3n) is 11.1. The third kappa shape index (κ3) is 7.39. The summed E-state index contributed by atoms with van der Waals surface area (Å²) < 4.78 is 0. The van der Waals surface area contributed by atoms with Gasteiger partial charge in [0.1, 0.15) is 35.0 Å². The van der Waals surface area contributed by atoms with E-state index in [-0.39, 0.29) is 36.0 Å². The van der Waals surface area contributed by atoms with Crippen LogP contribution in [0.25, 0.3) is 28.3 Å². The molecule has 13 heteroatoms. The molecule has 13 nitrogen and oxygen atoms in total. The van der Waals surface area contributed by atoms with Crippen LogP contribution >= 0.6 is 0 Å². The fraction of sp³-hybridized carbons (Fsp3) is 0.349. The normalized spacial score (nSPS) is 19.4. The van der Waals surface area contributed by atoms with Crippen LogP contribution in [0, 0.1) is 0 Å². The van der Waals surface area contributed by atoms with E-state index in [4.69, 9.17) is 9.98 Å². The Morgan fingerprint density at radius 1 is 0.661 bits per heavy atom. The van der Waals surface area contributed by atoms with Gasteiger partial charge in [-0.3, -0.25) is 24.4 Å². The first-order valence-corrected chi connectivity index (χ1v) is 19.3. The first-order chi connectivity index (χ1) is 27.3. The van der Waals surface area contributed by atoms with Crippen LogP contribution in [0.15, 0.2) is 102 Å². The summed E-state index contributed by atoms with van der Waals surface area (Å²) in [6, 6.07) is 26.6. The van der Waals surface area contributed by atoms with E-state index in [2.05, 4.69) is 25.4 Å². The van der Waals surface area contributed by atoms with Gasteiger partial charge in [-0.25, -0.2) is 4.98 Å². The predicted molar refractivity (Wildman–Crippen MR) is 215 cm³/mol. The molecule has 0 radical (unpaired) electrons. The van der Waals surface area contributed by atoms with Gasteiger partial charge in [0.25, 0.3) is 0 Å². The summed E-state index contributed by atoms with van der Waals surface area (Å²) in [6.07, 6.45) is 7.82. The Kier molecular flexibility index (Phi) is 10.6. The molecule has 6 heterocycles. The van der Waals surface area contributed by atoms with Crippen LogP contribution in [-0.4, -0.2) is 115 Å². The van der Waals surface area contributed by atoms with Crippen molar-refractivity contribution in [1.82, 2.24) is 50.0 Å². The maximum atomic E-state index is 13.9. The van der Waals surface area contributed by atoms with E-state index in [1.807, 2.05) is 139 Å². The van der Waals surface area contributed by atoms with E-state index in [0.29, 0.717) is 30.0 Å². The molecule has 3 aliphatic heterocycles. The lowest BCUT2D eigenvalue weighted by Crippen LogP contribution is -2.45. The highest BCUT2D eigenvalue weighted by molar-refractivity contribution is 6.03. The molecular weight excluding hydrogens is 703 g/mol. The molecule has 0 spiro atoms. The second-order valence-electron chi connectivity index (χ2n) is 15.2. The number of nitrogens with one attached hydrogen (secondary N) is 1. The van der Waals surface area contributed by atoms with Crippen LogP contribution < -0.4 is 0 Å². The predicted octanol–water partition coefficient (Wildman–Crippen LogP) is 5.77. The summed E-state index contributed by atoms with van der Waals surface area (Å²) in [5.41, 5.74) is 7.25. The monoisotopic (exact) mass is 749 g/mol. The third-order valence-corrected chi connectivity index (χ3v) is 11.1. The van der Waals surface area contributed by atoms with Crippen molar-refractivity contribution in [1.29, 1.82) is 0 Å². The molecule has 56 heavy (non-hydrogen) atoms. The molecular formula is C43H47N11O2. The molecule has 0 bridgehead atoms. The number of hydrogen-bond acceptors (Lipinski definition) is 10. The molecule has 0 unspecified atom stereocenters. The zero-order valence-electron chi connectivity index (χ0n) is 32.3. The quantitative estimate of drug-likeness (QED) is 0.178. The van der Waals surface area contributed by atoms with Gasteiger partial charge in [0.15, 0.2) is 0 Å². The smallest absolute Gasteiger partial charge is 0.245 e. The van der Waals surface area contributed by atoms with Crippen molar-refractivity contribution in [2.24, 2.45) is 4.99 Å². The first kappa shape index (κ1) is 37.0. The maximum Gasteiger partial charge on any atom is 0.245 e. The molecule has 5 aromatic rings. The van der Waals surface area contributed by atoms with E-state index in [1.165, 1.54) is 0 Å². The van der Waals surface area contributed by atoms with Crippen molar-refractivity contribution in [2.75, 3.05) is 41.3 Å². The number of aliphatic imine (C=N–C) groups is 1. The molecule has 2 fully saturated rings. The second-order valence-corrected chi connectivity index (χ2v) is 15.2. The average molecular weight is 750 g/mol. The van der Waals surface area contributed by atoms with Crippen molar-refractivity contribution >= 4 is 23.1 Å². The Hall–Kier alpha value is -5.92. The fourth-order valence-corrected chi connectivity index (χ4v) is 8.30. The van der Waals surface area contributed by atoms with E-state index in [1.54, 1.807) is 6.20 Å². The zero-order chi connectivity index (χ0) is 38.8. The molecule has 0 saturated carbocycles. The van der Waals surface area contributed by atoms with Crippen molar-refractivity contribution in [2.45, 2.75) is 56.3 Å². The molecule has 4 atom stereocenters. The van der Waals surface area contributed by atoms with Crippen molar-refractivity contribution in [3.8, 4) is 22.8 Å². The number of H-pyrrole nitrogens is 1. The molecule has 3 aromatic heterocycles. The Bertz CT molecular complexity index is 2220. The summed E-state index contributed by atoms with van der Waals surface area (Å²) >= 11 is 0. The number of carbonyl (C=O) groups excluding carboxylic acids is 2. The highest BCUT2D eigenvalue weighted by Crippen LogP contribution is 2.36. The number of aromatic nitrogens is 6. The Morgan fingerprint density at radius 3 is 1.70 bits per heavy atom. The van der Waals surface area contributed by atoms with Crippen LogP contribution in [0.5, 0.6) is 0 Å². The van der Waals surface area contributed by atoms with Gasteiger partial charge in [0, 0.05) is 37.0 Å². The largest absolute Gasteiger partial charge is 0.339 e. The number of rotatable bonds is 11. The molecule has 286 valence electrons. The molecule has 0 aliphatic carbocycles. The lowest BCUT2D eigenvalue weighted by atomic mass is 10.00. The number of likely N-dealkylation sites (N-methyl/N-ethyl adjacent to an activating group) is 2. The summed E-state index contributed by atoms with van der Waals surface area (Å²) in [5.74, 6) is 0.919. The molecule has 8 rings (SSSR count). The highest BCUT2D eigenvalue weighted by Gasteiger charge is 2.39. The van der Waals surface area contributed by atoms with Gasteiger partial charge in [-0.2, -0.15) is 5.10 Å². The standard InChI is InChI=1S/C43H47N11O2/c1-51(2)39(28-13-7-5-8-14-28)42(55)53-23-11-17-37(53)35-25-30(26-44-35)31-19-20-32(48-47-31)33-21-22-34(50-49-33)36-27-45-41(46-36)38-18-12-24-54(38)43(56)40(52(3)4)29-15-9-6-10-16-29/h5-10,13-16,19-22,26-27,37-40H,11-12,17-18,23-25H2,1-4H3,(H,45,46)/t37-,38-,39+,40+/m0/s1. The number of carbonyl (C=O) groups is 2. The minimum atomic E-state index is -0.371. The number of likely N-dealkylation sites (tertiary alicyclic amines) is 2. The van der Waals surface area contributed by atoms with Crippen LogP contribution in [0.3, 0.4) is 0 Å². The first-order valence-electron chi connectivity index (χ1n) is 19.3. The topological polar surface area (TPSA) is 140 Å². The number of allylic oxidation sites excluding steroid dienone is 1. The van der Waals surface area contributed by atoms with Gasteiger partial charge in [0.05, 0.1) is 29.7 Å². The van der Waals surface area contributed by atoms with Gasteiger partial charge >= 0.3 is 0 Å². The number of amides is 2. The summed E-state index contributed by atoms with van der Waals surface area (Å²) in [7, 11) is 7.78. The van der Waals surface area contributed by atoms with E-state index in [9.17, 15) is 9.59 Å².